The minimum atomic E-state index is -4.45. The van der Waals surface area contributed by atoms with Crippen LogP contribution in [-0.4, -0.2) is 71.5 Å². The molecule has 62 heavy (non-hydrogen) atoms. The second-order valence-electron chi connectivity index (χ2n) is 17.0. The van der Waals surface area contributed by atoms with Gasteiger partial charge < -0.3 is 23.5 Å². The zero-order valence-electron chi connectivity index (χ0n) is 35.7. The van der Waals surface area contributed by atoms with Crippen molar-refractivity contribution in [1.29, 1.82) is 0 Å². The Morgan fingerprint density at radius 2 is 1.47 bits per heavy atom. The van der Waals surface area contributed by atoms with Crippen LogP contribution in [0.2, 0.25) is 5.04 Å². The van der Waals surface area contributed by atoms with Crippen LogP contribution in [0.1, 0.15) is 82.0 Å². The lowest BCUT2D eigenvalue weighted by Crippen LogP contribution is -2.67. The number of amides is 1. The highest BCUT2D eigenvalue weighted by molar-refractivity contribution is 7.90. The van der Waals surface area contributed by atoms with Crippen LogP contribution >= 0.6 is 0 Å². The van der Waals surface area contributed by atoms with Crippen molar-refractivity contribution in [2.24, 2.45) is 5.92 Å². The highest BCUT2D eigenvalue weighted by Gasteiger charge is 2.50. The summed E-state index contributed by atoms with van der Waals surface area (Å²) < 4.78 is 83.5. The largest absolute Gasteiger partial charge is 0.492 e. The molecular weight excluding hydrogens is 829 g/mol. The number of pyridine rings is 1. The van der Waals surface area contributed by atoms with Crippen LogP contribution in [0.15, 0.2) is 120 Å². The molecule has 5 aromatic rings. The molecule has 2 heterocycles. The molecule has 0 spiro atoms. The number of sulfonamides is 1. The van der Waals surface area contributed by atoms with Crippen LogP contribution in [0.3, 0.4) is 0 Å². The van der Waals surface area contributed by atoms with Crippen molar-refractivity contribution in [2.75, 3.05) is 32.8 Å². The number of aromatic nitrogens is 1. The van der Waals surface area contributed by atoms with E-state index in [-0.39, 0.29) is 16.0 Å². The maximum atomic E-state index is 15.3. The molecule has 1 N–H and O–H groups in total. The number of nitrogens with one attached hydrogen (secondary N) is 1. The highest BCUT2D eigenvalue weighted by atomic mass is 32.2. The van der Waals surface area contributed by atoms with Gasteiger partial charge in [-0.2, -0.15) is 4.39 Å². The van der Waals surface area contributed by atoms with Gasteiger partial charge in [-0.15, -0.1) is 0 Å². The van der Waals surface area contributed by atoms with Crippen LogP contribution in [0.5, 0.6) is 17.2 Å². The molecule has 1 amide bonds. The monoisotopic (exact) mass is 883 g/mol. The second-order valence-corrected chi connectivity index (χ2v) is 23.0. The summed E-state index contributed by atoms with van der Waals surface area (Å²) in [5.74, 6) is -3.06. The lowest BCUT2D eigenvalue weighted by molar-refractivity contribution is 0.0904. The van der Waals surface area contributed by atoms with Crippen LogP contribution in [-0.2, 0) is 14.4 Å². The van der Waals surface area contributed by atoms with E-state index in [0.29, 0.717) is 42.7 Å². The summed E-state index contributed by atoms with van der Waals surface area (Å²) in [5, 5.41) is 2.39. The Morgan fingerprint density at radius 1 is 0.839 bits per heavy atom. The molecule has 1 atom stereocenters. The number of hydrogen-bond donors (Lipinski definition) is 1. The van der Waals surface area contributed by atoms with Gasteiger partial charge >= 0.3 is 0 Å². The van der Waals surface area contributed by atoms with E-state index < -0.39 is 53.3 Å². The Labute approximate surface area is 364 Å². The number of piperidine rings is 1. The summed E-state index contributed by atoms with van der Waals surface area (Å²) in [6.45, 7) is 12.3. The Hall–Kier alpha value is -5.15. The second kappa shape index (κ2) is 19.5. The van der Waals surface area contributed by atoms with E-state index >= 15 is 8.78 Å². The number of ether oxygens (including phenoxy) is 3. The summed E-state index contributed by atoms with van der Waals surface area (Å²) in [7, 11) is -7.08. The smallest absolute Gasteiger partial charge is 0.268 e. The molecule has 1 aliphatic heterocycles. The van der Waals surface area contributed by atoms with E-state index in [0.717, 1.165) is 57.5 Å². The third-order valence-corrected chi connectivity index (χ3v) is 17.9. The van der Waals surface area contributed by atoms with Crippen LogP contribution in [0.25, 0.3) is 0 Å². The maximum absolute atomic E-state index is 15.3. The van der Waals surface area contributed by atoms with Crippen molar-refractivity contribution in [1.82, 2.24) is 14.6 Å². The zero-order valence-corrected chi connectivity index (χ0v) is 37.5. The topological polar surface area (TPSA) is 116 Å². The number of rotatable bonds is 18. The molecule has 1 aromatic heterocycles. The number of halogens is 2. The third kappa shape index (κ3) is 10.5. The third-order valence-electron chi connectivity index (χ3n) is 11.5. The molecule has 2 aliphatic rings. The SMILES string of the molecule is CC[C@@H](Oc1ccc(C(=O)NS(=O)(=O)c2ccc(OC3CCN(CCO[Si](c4ccccc4)(c4ccccc4)C(C)(C)C)CC3)cc2)c(F)c1F)c1ccc(OCC2CC2)cn1. The molecule has 4 aromatic carbocycles. The average Bonchev–Trinajstić information content (AvgIpc) is 4.11. The fraction of sp³-hybridized carbons (Fsp3) is 0.375. The summed E-state index contributed by atoms with van der Waals surface area (Å²) in [5.41, 5.74) is -0.298. The summed E-state index contributed by atoms with van der Waals surface area (Å²) in [4.78, 5) is 19.5. The van der Waals surface area contributed by atoms with Crippen molar-refractivity contribution in [2.45, 2.75) is 81.9 Å². The van der Waals surface area contributed by atoms with Crippen LogP contribution < -0.4 is 29.3 Å². The standard InChI is InChI=1S/C48H55F2N3O7SSi/c1-5-43(42-24-20-37(32-51-42)57-33-34-16-17-34)60-44-25-23-41(45(49)46(44)50)47(54)52-61(55,56)38-21-18-35(19-22-38)59-36-26-28-53(29-27-36)30-31-58-62(48(2,3)4,39-12-8-6-9-13-39)40-14-10-7-11-15-40/h6-15,18-25,32,34,36,43H,5,16-17,26-31,33H2,1-4H3,(H,52,54)/t43-/m1/s1. The molecule has 7 rings (SSSR count). The summed E-state index contributed by atoms with van der Waals surface area (Å²) >= 11 is 0. The first-order valence-electron chi connectivity index (χ1n) is 21.3. The van der Waals surface area contributed by atoms with E-state index in [1.54, 1.807) is 18.3 Å². The van der Waals surface area contributed by atoms with E-state index in [1.165, 1.54) is 34.6 Å². The molecule has 0 radical (unpaired) electrons. The number of benzene rings is 4. The minimum absolute atomic E-state index is 0.0727. The van der Waals surface area contributed by atoms with Crippen molar-refractivity contribution >= 4 is 34.6 Å². The molecule has 1 saturated carbocycles. The van der Waals surface area contributed by atoms with Gasteiger partial charge in [0.05, 0.1) is 29.0 Å². The lowest BCUT2D eigenvalue weighted by Gasteiger charge is -2.43. The summed E-state index contributed by atoms with van der Waals surface area (Å²) in [6.07, 6.45) is 5.04. The van der Waals surface area contributed by atoms with Gasteiger partial charge in [-0.1, -0.05) is 88.4 Å². The first kappa shape index (κ1) is 44.9. The number of nitrogens with zero attached hydrogens (tertiary/aromatic N) is 2. The van der Waals surface area contributed by atoms with Crippen LogP contribution in [0.4, 0.5) is 8.78 Å². The molecule has 0 unspecified atom stereocenters. The van der Waals surface area contributed by atoms with E-state index in [9.17, 15) is 13.2 Å². The first-order chi connectivity index (χ1) is 29.8. The van der Waals surface area contributed by atoms with Gasteiger partial charge in [0.1, 0.15) is 23.7 Å². The van der Waals surface area contributed by atoms with Gasteiger partial charge in [0.2, 0.25) is 5.82 Å². The maximum Gasteiger partial charge on any atom is 0.268 e. The quantitative estimate of drug-likeness (QED) is 0.0870. The molecule has 0 bridgehead atoms. The van der Waals surface area contributed by atoms with Gasteiger partial charge in [0.15, 0.2) is 11.6 Å². The van der Waals surface area contributed by atoms with E-state index in [1.807, 2.05) is 23.8 Å². The van der Waals surface area contributed by atoms with Gasteiger partial charge in [0, 0.05) is 26.2 Å². The molecular formula is C48H55F2N3O7SSi. The van der Waals surface area contributed by atoms with Crippen molar-refractivity contribution in [3.8, 4) is 17.2 Å². The predicted molar refractivity (Wildman–Crippen MR) is 237 cm³/mol. The van der Waals surface area contributed by atoms with Gasteiger partial charge in [0.25, 0.3) is 24.2 Å². The Kier molecular flexibility index (Phi) is 14.1. The van der Waals surface area contributed by atoms with Crippen LogP contribution in [0, 0.1) is 17.6 Å². The Bertz CT molecular complexity index is 2340. The lowest BCUT2D eigenvalue weighted by atomic mass is 10.1. The normalized spacial score (nSPS) is 15.8. The molecule has 1 aliphatic carbocycles. The Morgan fingerprint density at radius 3 is 2.03 bits per heavy atom. The van der Waals surface area contributed by atoms with Crippen molar-refractivity contribution < 1.29 is 40.6 Å². The molecule has 2 fully saturated rings. The van der Waals surface area contributed by atoms with E-state index in [2.05, 4.69) is 79.2 Å². The van der Waals surface area contributed by atoms with Gasteiger partial charge in [-0.3, -0.25) is 9.78 Å². The minimum Gasteiger partial charge on any atom is -0.492 e. The zero-order chi connectivity index (χ0) is 43.9. The molecule has 14 heteroatoms. The first-order valence-corrected chi connectivity index (χ1v) is 24.7. The summed E-state index contributed by atoms with van der Waals surface area (Å²) in [6, 6.07) is 32.4. The molecule has 10 nitrogen and oxygen atoms in total. The average molecular weight is 884 g/mol. The van der Waals surface area contributed by atoms with Gasteiger partial charge in [-0.05, 0) is 102 Å². The predicted octanol–water partition coefficient (Wildman–Crippen LogP) is 8.22. The van der Waals surface area contributed by atoms with Crippen molar-refractivity contribution in [3.63, 3.8) is 0 Å². The number of carbonyl (C=O) groups is 1. The number of likely N-dealkylation sites (tertiary alicyclic amines) is 1. The number of carbonyl (C=O) groups excluding carboxylic acids is 1. The molecule has 1 saturated heterocycles. The molecule has 328 valence electrons. The number of hydrogen-bond acceptors (Lipinski definition) is 9. The fourth-order valence-corrected chi connectivity index (χ4v) is 13.5. The fourth-order valence-electron chi connectivity index (χ4n) is 7.94. The highest BCUT2D eigenvalue weighted by Crippen LogP contribution is 2.37. The van der Waals surface area contributed by atoms with Crippen molar-refractivity contribution in [3.05, 3.63) is 138 Å². The van der Waals surface area contributed by atoms with Gasteiger partial charge in [-0.25, -0.2) is 17.5 Å². The Balaban J connectivity index is 0.900. The van der Waals surface area contributed by atoms with E-state index in [4.69, 9.17) is 18.6 Å².